The summed E-state index contributed by atoms with van der Waals surface area (Å²) in [6, 6.07) is 0.162. The number of aryl methyl sites for hydroxylation is 2. The molecule has 0 bridgehead atoms. The molecule has 6 nitrogen and oxygen atoms in total. The number of anilines is 1. The van der Waals surface area contributed by atoms with Crippen molar-refractivity contribution in [1.29, 1.82) is 0 Å². The highest BCUT2D eigenvalue weighted by molar-refractivity contribution is 5.77. The molecule has 2 N–H and O–H groups in total. The molecule has 100 valence electrons. The zero-order valence-corrected chi connectivity index (χ0v) is 11.6. The maximum atomic E-state index is 6.06. The number of nitrogens with zero attached hydrogens (tertiary/aromatic N) is 4. The van der Waals surface area contributed by atoms with Gasteiger partial charge in [0.25, 0.3) is 0 Å². The molecule has 0 radical (unpaired) electrons. The Morgan fingerprint density at radius 3 is 2.61 bits per heavy atom. The first-order chi connectivity index (χ1) is 8.47. The minimum Gasteiger partial charge on any atom is -0.383 e. The van der Waals surface area contributed by atoms with Gasteiger partial charge in [-0.3, -0.25) is 9.25 Å². The Morgan fingerprint density at radius 2 is 2.06 bits per heavy atom. The molecule has 2 rings (SSSR count). The van der Waals surface area contributed by atoms with Gasteiger partial charge in [-0.25, -0.2) is 4.98 Å². The van der Waals surface area contributed by atoms with E-state index in [1.807, 2.05) is 23.2 Å². The van der Waals surface area contributed by atoms with Crippen LogP contribution in [0, 0.1) is 12.8 Å². The van der Waals surface area contributed by atoms with Crippen LogP contribution in [0.3, 0.4) is 0 Å². The molecule has 0 spiro atoms. The fraction of sp³-hybridized carbons (Fsp3) is 0.667. The molecule has 6 heteroatoms. The van der Waals surface area contributed by atoms with Crippen LogP contribution in [0.15, 0.2) is 0 Å². The Balaban J connectivity index is 2.64. The lowest BCUT2D eigenvalue weighted by molar-refractivity contribution is 0.135. The predicted molar refractivity (Wildman–Crippen MR) is 71.4 cm³/mol. The lowest BCUT2D eigenvalue weighted by Crippen LogP contribution is -2.22. The van der Waals surface area contributed by atoms with E-state index >= 15 is 0 Å². The smallest absolute Gasteiger partial charge is 0.202 e. The first-order valence-electron chi connectivity index (χ1n) is 6.13. The van der Waals surface area contributed by atoms with Crippen LogP contribution < -0.4 is 5.73 Å². The second-order valence-electron chi connectivity index (χ2n) is 4.99. The summed E-state index contributed by atoms with van der Waals surface area (Å²) in [7, 11) is 3.62. The summed E-state index contributed by atoms with van der Waals surface area (Å²) in [6.07, 6.45) is 0. The highest BCUT2D eigenvalue weighted by atomic mass is 16.5. The van der Waals surface area contributed by atoms with Crippen molar-refractivity contribution in [2.75, 3.05) is 19.5 Å². The minimum atomic E-state index is 0.162. The Labute approximate surface area is 107 Å². The molecule has 0 fully saturated rings. The number of aromatic nitrogens is 4. The molecule has 0 aromatic carbocycles. The van der Waals surface area contributed by atoms with E-state index in [9.17, 15) is 0 Å². The van der Waals surface area contributed by atoms with Crippen molar-refractivity contribution in [1.82, 2.24) is 19.3 Å². The van der Waals surface area contributed by atoms with E-state index in [1.165, 1.54) is 0 Å². The van der Waals surface area contributed by atoms with Crippen LogP contribution in [-0.4, -0.2) is 33.0 Å². The van der Waals surface area contributed by atoms with Crippen LogP contribution in [0.5, 0.6) is 0 Å². The molecule has 18 heavy (non-hydrogen) atoms. The third kappa shape index (κ3) is 1.86. The topological polar surface area (TPSA) is 70.9 Å². The number of hydrogen-bond acceptors (Lipinski definition) is 4. The summed E-state index contributed by atoms with van der Waals surface area (Å²) in [5, 5.41) is 4.39. The maximum Gasteiger partial charge on any atom is 0.202 e. The number of methoxy groups -OCH3 is 1. The van der Waals surface area contributed by atoms with Crippen molar-refractivity contribution < 1.29 is 4.74 Å². The van der Waals surface area contributed by atoms with Crippen LogP contribution in [-0.2, 0) is 11.8 Å². The van der Waals surface area contributed by atoms with Gasteiger partial charge in [0.2, 0.25) is 5.95 Å². The molecule has 0 aliphatic carbocycles. The summed E-state index contributed by atoms with van der Waals surface area (Å²) in [4.78, 5) is 4.42. The lowest BCUT2D eigenvalue weighted by Gasteiger charge is -2.23. The predicted octanol–water partition coefficient (Wildman–Crippen LogP) is 1.50. The van der Waals surface area contributed by atoms with Gasteiger partial charge in [0.15, 0.2) is 5.65 Å². The van der Waals surface area contributed by atoms with Gasteiger partial charge in [-0.05, 0) is 12.8 Å². The molecule has 1 atom stereocenters. The highest BCUT2D eigenvalue weighted by Gasteiger charge is 2.24. The van der Waals surface area contributed by atoms with Crippen molar-refractivity contribution in [2.24, 2.45) is 13.0 Å². The summed E-state index contributed by atoms with van der Waals surface area (Å²) < 4.78 is 9.17. The highest BCUT2D eigenvalue weighted by Crippen LogP contribution is 2.28. The average molecular weight is 251 g/mol. The number of ether oxygens (including phenoxy) is 1. The zero-order chi connectivity index (χ0) is 13.4. The van der Waals surface area contributed by atoms with Crippen LogP contribution in [0.1, 0.15) is 25.6 Å². The molecule has 0 amide bonds. The Morgan fingerprint density at radius 1 is 1.39 bits per heavy atom. The number of imidazole rings is 1. The second-order valence-corrected chi connectivity index (χ2v) is 4.99. The molecule has 2 heterocycles. The number of nitrogens with two attached hydrogens (primary N) is 1. The molecule has 1 unspecified atom stereocenters. The Kier molecular flexibility index (Phi) is 3.30. The van der Waals surface area contributed by atoms with Gasteiger partial charge in [0.05, 0.1) is 18.3 Å². The number of nitrogen functional groups attached to an aromatic ring is 1. The van der Waals surface area contributed by atoms with E-state index < -0.39 is 0 Å². The summed E-state index contributed by atoms with van der Waals surface area (Å²) in [5.41, 5.74) is 8.79. The standard InChI is InChI=1S/C12H21N5O/c1-7(2)9(6-18-5)17-11-10(14-12(17)13)8(3)15-16(11)4/h7,9H,6H2,1-5H3,(H2,13,14). The fourth-order valence-corrected chi connectivity index (χ4v) is 2.38. The van der Waals surface area contributed by atoms with E-state index in [0.29, 0.717) is 18.5 Å². The van der Waals surface area contributed by atoms with Crippen LogP contribution in [0.2, 0.25) is 0 Å². The number of rotatable bonds is 4. The van der Waals surface area contributed by atoms with Crippen molar-refractivity contribution >= 4 is 17.1 Å². The number of hydrogen-bond donors (Lipinski definition) is 1. The molecule has 0 aliphatic heterocycles. The largest absolute Gasteiger partial charge is 0.383 e. The first-order valence-corrected chi connectivity index (χ1v) is 6.13. The van der Waals surface area contributed by atoms with Gasteiger partial charge in [-0.1, -0.05) is 13.8 Å². The van der Waals surface area contributed by atoms with Gasteiger partial charge in [0.1, 0.15) is 5.52 Å². The maximum absolute atomic E-state index is 6.06. The van der Waals surface area contributed by atoms with E-state index in [4.69, 9.17) is 10.5 Å². The average Bonchev–Trinajstić information content (AvgIpc) is 2.75. The molecular weight excluding hydrogens is 230 g/mol. The molecule has 0 saturated heterocycles. The zero-order valence-electron chi connectivity index (χ0n) is 11.6. The second kappa shape index (κ2) is 4.61. The van der Waals surface area contributed by atoms with Gasteiger partial charge in [-0.15, -0.1) is 0 Å². The van der Waals surface area contributed by atoms with E-state index in [0.717, 1.165) is 16.9 Å². The molecule has 0 saturated carbocycles. The van der Waals surface area contributed by atoms with Gasteiger partial charge in [-0.2, -0.15) is 5.10 Å². The van der Waals surface area contributed by atoms with E-state index in [2.05, 4.69) is 23.9 Å². The minimum absolute atomic E-state index is 0.162. The third-order valence-electron chi connectivity index (χ3n) is 3.30. The molecule has 0 aliphatic rings. The summed E-state index contributed by atoms with van der Waals surface area (Å²) in [6.45, 7) is 6.85. The molecule has 2 aromatic heterocycles. The Hall–Kier alpha value is -1.56. The summed E-state index contributed by atoms with van der Waals surface area (Å²) in [5.74, 6) is 0.928. The van der Waals surface area contributed by atoms with Crippen molar-refractivity contribution in [2.45, 2.75) is 26.8 Å². The fourth-order valence-electron chi connectivity index (χ4n) is 2.38. The van der Waals surface area contributed by atoms with E-state index in [1.54, 1.807) is 7.11 Å². The summed E-state index contributed by atoms with van der Waals surface area (Å²) >= 11 is 0. The normalized spacial score (nSPS) is 13.7. The quantitative estimate of drug-likeness (QED) is 0.894. The molecule has 2 aromatic rings. The first kappa shape index (κ1) is 12.9. The molecular formula is C12H21N5O. The van der Waals surface area contributed by atoms with Gasteiger partial charge in [0, 0.05) is 14.2 Å². The van der Waals surface area contributed by atoms with Gasteiger partial charge >= 0.3 is 0 Å². The Bertz CT molecular complexity index is 554. The van der Waals surface area contributed by atoms with Crippen LogP contribution in [0.4, 0.5) is 5.95 Å². The van der Waals surface area contributed by atoms with Crippen molar-refractivity contribution in [3.05, 3.63) is 5.69 Å². The van der Waals surface area contributed by atoms with E-state index in [-0.39, 0.29) is 6.04 Å². The van der Waals surface area contributed by atoms with Crippen molar-refractivity contribution in [3.8, 4) is 0 Å². The van der Waals surface area contributed by atoms with Gasteiger partial charge < -0.3 is 10.5 Å². The van der Waals surface area contributed by atoms with Crippen molar-refractivity contribution in [3.63, 3.8) is 0 Å². The third-order valence-corrected chi connectivity index (χ3v) is 3.30. The SMILES string of the molecule is COCC(C(C)C)n1c(N)nc2c(C)nn(C)c21. The van der Waals surface area contributed by atoms with Crippen LogP contribution in [0.25, 0.3) is 11.2 Å². The monoisotopic (exact) mass is 251 g/mol. The van der Waals surface area contributed by atoms with Crippen LogP contribution >= 0.6 is 0 Å². The number of fused-ring (bicyclic) bond motifs is 1. The lowest BCUT2D eigenvalue weighted by atomic mass is 10.1.